The molecule has 0 spiro atoms. The summed E-state index contributed by atoms with van der Waals surface area (Å²) in [6.45, 7) is 2.79. The number of nitrogens with one attached hydrogen (secondary N) is 1. The van der Waals surface area contributed by atoms with Crippen molar-refractivity contribution in [3.05, 3.63) is 40.0 Å². The molecule has 0 radical (unpaired) electrons. The molecule has 23 heavy (non-hydrogen) atoms. The maximum atomic E-state index is 12.0. The van der Waals surface area contributed by atoms with E-state index in [1.54, 1.807) is 31.5 Å². The molecule has 1 aliphatic heterocycles. The van der Waals surface area contributed by atoms with Gasteiger partial charge in [-0.2, -0.15) is 5.10 Å². The zero-order valence-corrected chi connectivity index (χ0v) is 14.0. The number of amides is 1. The van der Waals surface area contributed by atoms with E-state index in [-0.39, 0.29) is 11.9 Å². The van der Waals surface area contributed by atoms with Gasteiger partial charge in [0, 0.05) is 27.1 Å². The fraction of sp³-hybridized carbons (Fsp3) is 0.400. The van der Waals surface area contributed by atoms with Crippen molar-refractivity contribution in [2.75, 3.05) is 20.6 Å². The smallest absolute Gasteiger partial charge is 0.289 e. The van der Waals surface area contributed by atoms with Crippen LogP contribution in [0.1, 0.15) is 38.8 Å². The van der Waals surface area contributed by atoms with Crippen LogP contribution in [0.2, 0.25) is 0 Å². The molecule has 0 fully saturated rings. The SMILES string of the molecule is Cc1nn2c3c(nc2s1)CCNC3c1ccc(C(=O)N(C)C)o1. The molecule has 0 aliphatic carbocycles. The predicted octanol–water partition coefficient (Wildman–Crippen LogP) is 1.63. The number of hydrogen-bond acceptors (Lipinski definition) is 6. The van der Waals surface area contributed by atoms with Gasteiger partial charge in [-0.25, -0.2) is 9.50 Å². The van der Waals surface area contributed by atoms with Crippen molar-refractivity contribution in [1.82, 2.24) is 24.8 Å². The summed E-state index contributed by atoms with van der Waals surface area (Å²) in [5.41, 5.74) is 2.05. The molecule has 4 heterocycles. The van der Waals surface area contributed by atoms with Gasteiger partial charge in [-0.3, -0.25) is 4.79 Å². The summed E-state index contributed by atoms with van der Waals surface area (Å²) >= 11 is 1.58. The summed E-state index contributed by atoms with van der Waals surface area (Å²) in [5.74, 6) is 0.910. The van der Waals surface area contributed by atoms with Crippen molar-refractivity contribution >= 4 is 22.2 Å². The number of imidazole rings is 1. The van der Waals surface area contributed by atoms with Gasteiger partial charge < -0.3 is 14.6 Å². The van der Waals surface area contributed by atoms with E-state index in [4.69, 9.17) is 4.42 Å². The van der Waals surface area contributed by atoms with Crippen LogP contribution in [0.4, 0.5) is 0 Å². The molecule has 3 aromatic rings. The van der Waals surface area contributed by atoms with Gasteiger partial charge in [0.2, 0.25) is 4.96 Å². The van der Waals surface area contributed by atoms with Crippen LogP contribution in [-0.4, -0.2) is 46.0 Å². The van der Waals surface area contributed by atoms with Crippen LogP contribution in [0, 0.1) is 6.92 Å². The Kier molecular flexibility index (Phi) is 3.24. The minimum atomic E-state index is -0.143. The number of carbonyl (C=O) groups is 1. The van der Waals surface area contributed by atoms with E-state index >= 15 is 0 Å². The highest BCUT2D eigenvalue weighted by Gasteiger charge is 2.31. The van der Waals surface area contributed by atoms with Gasteiger partial charge in [-0.15, -0.1) is 0 Å². The lowest BCUT2D eigenvalue weighted by Gasteiger charge is -2.21. The van der Waals surface area contributed by atoms with Crippen molar-refractivity contribution in [3.63, 3.8) is 0 Å². The van der Waals surface area contributed by atoms with Crippen LogP contribution in [0.5, 0.6) is 0 Å². The van der Waals surface area contributed by atoms with E-state index in [0.29, 0.717) is 11.5 Å². The number of nitrogens with zero attached hydrogens (tertiary/aromatic N) is 4. The lowest BCUT2D eigenvalue weighted by molar-refractivity contribution is 0.0794. The van der Waals surface area contributed by atoms with Crippen molar-refractivity contribution in [1.29, 1.82) is 0 Å². The fourth-order valence-electron chi connectivity index (χ4n) is 2.88. The topological polar surface area (TPSA) is 75.7 Å². The van der Waals surface area contributed by atoms with E-state index in [1.165, 1.54) is 4.90 Å². The van der Waals surface area contributed by atoms with Crippen LogP contribution in [-0.2, 0) is 6.42 Å². The Bertz CT molecular complexity index is 891. The molecule has 7 nitrogen and oxygen atoms in total. The molecule has 1 aliphatic rings. The standard InChI is InChI=1S/C15H17N5O2S/c1-8-18-20-13-9(17-15(20)23-8)6-7-16-12(13)10-4-5-11(22-10)14(21)19(2)3/h4-5,12,16H,6-7H2,1-3H3. The Morgan fingerprint density at radius 1 is 1.48 bits per heavy atom. The van der Waals surface area contributed by atoms with E-state index in [1.807, 2.05) is 17.5 Å². The van der Waals surface area contributed by atoms with E-state index in [0.717, 1.165) is 34.3 Å². The Labute approximate surface area is 136 Å². The second kappa shape index (κ2) is 5.17. The minimum absolute atomic E-state index is 0.140. The molecule has 1 atom stereocenters. The second-order valence-corrected chi connectivity index (χ2v) is 6.96. The molecule has 0 saturated carbocycles. The number of furan rings is 1. The maximum absolute atomic E-state index is 12.0. The zero-order valence-electron chi connectivity index (χ0n) is 13.2. The van der Waals surface area contributed by atoms with Crippen LogP contribution in [0.25, 0.3) is 4.96 Å². The molecule has 4 rings (SSSR count). The maximum Gasteiger partial charge on any atom is 0.289 e. The molecule has 1 unspecified atom stereocenters. The first kappa shape index (κ1) is 14.4. The molecule has 0 aromatic carbocycles. The Hall–Kier alpha value is -2.19. The predicted molar refractivity (Wildman–Crippen MR) is 85.9 cm³/mol. The van der Waals surface area contributed by atoms with E-state index in [2.05, 4.69) is 15.4 Å². The zero-order chi connectivity index (χ0) is 16.1. The van der Waals surface area contributed by atoms with Gasteiger partial charge in [0.25, 0.3) is 5.91 Å². The van der Waals surface area contributed by atoms with Crippen LogP contribution >= 0.6 is 11.3 Å². The third-order valence-corrected chi connectivity index (χ3v) is 4.75. The molecule has 3 aromatic heterocycles. The lowest BCUT2D eigenvalue weighted by atomic mass is 10.0. The molecule has 1 N–H and O–H groups in total. The molecule has 0 bridgehead atoms. The average molecular weight is 331 g/mol. The normalized spacial score (nSPS) is 17.4. The van der Waals surface area contributed by atoms with Crippen molar-refractivity contribution in [3.8, 4) is 0 Å². The number of fused-ring (bicyclic) bond motifs is 3. The van der Waals surface area contributed by atoms with Gasteiger partial charge in [-0.05, 0) is 19.1 Å². The molecule has 0 saturated heterocycles. The first-order valence-corrected chi connectivity index (χ1v) is 8.26. The summed E-state index contributed by atoms with van der Waals surface area (Å²) in [5, 5.41) is 8.97. The van der Waals surface area contributed by atoms with Crippen molar-refractivity contribution in [2.24, 2.45) is 0 Å². The minimum Gasteiger partial charge on any atom is -0.454 e. The second-order valence-electron chi connectivity index (χ2n) is 5.80. The Balaban J connectivity index is 1.78. The summed E-state index contributed by atoms with van der Waals surface area (Å²) < 4.78 is 7.70. The fourth-order valence-corrected chi connectivity index (χ4v) is 3.65. The summed E-state index contributed by atoms with van der Waals surface area (Å²) in [4.78, 5) is 19.1. The highest BCUT2D eigenvalue weighted by Crippen LogP contribution is 2.31. The van der Waals surface area contributed by atoms with Crippen molar-refractivity contribution in [2.45, 2.75) is 19.4 Å². The molecular weight excluding hydrogens is 314 g/mol. The molecule has 120 valence electrons. The third kappa shape index (κ3) is 2.25. The van der Waals surface area contributed by atoms with Crippen LogP contribution < -0.4 is 5.32 Å². The van der Waals surface area contributed by atoms with Gasteiger partial charge in [-0.1, -0.05) is 11.3 Å². The highest BCUT2D eigenvalue weighted by molar-refractivity contribution is 7.16. The molecule has 1 amide bonds. The lowest BCUT2D eigenvalue weighted by Crippen LogP contribution is -2.31. The van der Waals surface area contributed by atoms with E-state index in [9.17, 15) is 4.79 Å². The van der Waals surface area contributed by atoms with E-state index < -0.39 is 0 Å². The van der Waals surface area contributed by atoms with Crippen LogP contribution in [0.3, 0.4) is 0 Å². The number of aryl methyl sites for hydroxylation is 1. The number of carbonyl (C=O) groups excluding carboxylic acids is 1. The summed E-state index contributed by atoms with van der Waals surface area (Å²) in [7, 11) is 3.42. The molecular formula is C15H17N5O2S. The van der Waals surface area contributed by atoms with Gasteiger partial charge in [0.15, 0.2) is 5.76 Å². The Morgan fingerprint density at radius 3 is 3.09 bits per heavy atom. The first-order chi connectivity index (χ1) is 11.0. The summed E-state index contributed by atoms with van der Waals surface area (Å²) in [6, 6.07) is 3.43. The van der Waals surface area contributed by atoms with Gasteiger partial charge in [0.05, 0.1) is 11.4 Å². The van der Waals surface area contributed by atoms with Gasteiger partial charge in [0.1, 0.15) is 16.8 Å². The Morgan fingerprint density at radius 2 is 2.30 bits per heavy atom. The summed E-state index contributed by atoms with van der Waals surface area (Å²) in [6.07, 6.45) is 0.866. The first-order valence-electron chi connectivity index (χ1n) is 7.44. The average Bonchev–Trinajstić information content (AvgIpc) is 3.19. The third-order valence-electron chi connectivity index (χ3n) is 3.93. The quantitative estimate of drug-likeness (QED) is 0.772. The van der Waals surface area contributed by atoms with Gasteiger partial charge >= 0.3 is 0 Å². The highest BCUT2D eigenvalue weighted by atomic mass is 32.1. The van der Waals surface area contributed by atoms with Crippen molar-refractivity contribution < 1.29 is 9.21 Å². The number of rotatable bonds is 2. The monoisotopic (exact) mass is 331 g/mol. The largest absolute Gasteiger partial charge is 0.454 e. The molecule has 8 heteroatoms. The number of hydrogen-bond donors (Lipinski definition) is 1. The number of aromatic nitrogens is 3. The van der Waals surface area contributed by atoms with Crippen LogP contribution in [0.15, 0.2) is 16.5 Å².